The van der Waals surface area contributed by atoms with Crippen molar-refractivity contribution in [3.63, 3.8) is 0 Å². The molecule has 2 rings (SSSR count). The summed E-state index contributed by atoms with van der Waals surface area (Å²) in [5.74, 6) is 0.398. The van der Waals surface area contributed by atoms with Gasteiger partial charge in [-0.25, -0.2) is 8.42 Å². The van der Waals surface area contributed by atoms with Crippen molar-refractivity contribution < 1.29 is 8.42 Å². The zero-order valence-corrected chi connectivity index (χ0v) is 14.6. The fourth-order valence-electron chi connectivity index (χ4n) is 2.32. The molecule has 0 amide bonds. The Morgan fingerprint density at radius 1 is 1.32 bits per heavy atom. The summed E-state index contributed by atoms with van der Waals surface area (Å²) in [4.78, 5) is 0.260. The SMILES string of the molecule is CC1CCCN(S(=O)(=O)c2c(Br)cc(N)cc2Br)C1. The third kappa shape index (κ3) is 3.15. The van der Waals surface area contributed by atoms with Gasteiger partial charge in [-0.1, -0.05) is 6.92 Å². The predicted molar refractivity (Wildman–Crippen MR) is 83.4 cm³/mol. The van der Waals surface area contributed by atoms with Crippen LogP contribution in [0.15, 0.2) is 26.0 Å². The van der Waals surface area contributed by atoms with E-state index in [1.165, 1.54) is 0 Å². The van der Waals surface area contributed by atoms with Crippen LogP contribution in [0.5, 0.6) is 0 Å². The summed E-state index contributed by atoms with van der Waals surface area (Å²) in [5, 5.41) is 0. The van der Waals surface area contributed by atoms with Gasteiger partial charge in [0.25, 0.3) is 0 Å². The smallest absolute Gasteiger partial charge is 0.245 e. The Balaban J connectivity index is 2.45. The molecule has 1 saturated heterocycles. The molecule has 19 heavy (non-hydrogen) atoms. The van der Waals surface area contributed by atoms with E-state index >= 15 is 0 Å². The van der Waals surface area contributed by atoms with E-state index < -0.39 is 10.0 Å². The fourth-order valence-corrected chi connectivity index (χ4v) is 6.46. The molecule has 1 unspecified atom stereocenters. The second kappa shape index (κ2) is 5.71. The van der Waals surface area contributed by atoms with Crippen LogP contribution in [0, 0.1) is 5.92 Å². The van der Waals surface area contributed by atoms with Crippen LogP contribution in [-0.4, -0.2) is 25.8 Å². The molecule has 4 nitrogen and oxygen atoms in total. The highest BCUT2D eigenvalue weighted by Gasteiger charge is 2.31. The number of benzene rings is 1. The highest BCUT2D eigenvalue weighted by atomic mass is 79.9. The van der Waals surface area contributed by atoms with E-state index in [9.17, 15) is 8.42 Å². The maximum absolute atomic E-state index is 12.7. The monoisotopic (exact) mass is 410 g/mol. The van der Waals surface area contributed by atoms with Crippen LogP contribution in [0.4, 0.5) is 5.69 Å². The highest BCUT2D eigenvalue weighted by molar-refractivity contribution is 9.11. The Bertz CT molecular complexity index is 566. The largest absolute Gasteiger partial charge is 0.399 e. The van der Waals surface area contributed by atoms with Gasteiger partial charge in [0.2, 0.25) is 10.0 Å². The molecule has 1 aliphatic rings. The summed E-state index contributed by atoms with van der Waals surface area (Å²) in [5.41, 5.74) is 6.22. The summed E-state index contributed by atoms with van der Waals surface area (Å²) >= 11 is 6.60. The topological polar surface area (TPSA) is 63.4 Å². The van der Waals surface area contributed by atoms with Crippen molar-refractivity contribution in [1.29, 1.82) is 0 Å². The van der Waals surface area contributed by atoms with Crippen LogP contribution < -0.4 is 5.73 Å². The second-order valence-electron chi connectivity index (χ2n) is 4.92. The van der Waals surface area contributed by atoms with Gasteiger partial charge in [0.05, 0.1) is 0 Å². The molecule has 7 heteroatoms. The van der Waals surface area contributed by atoms with Gasteiger partial charge in [-0.3, -0.25) is 0 Å². The van der Waals surface area contributed by atoms with Gasteiger partial charge in [-0.15, -0.1) is 0 Å². The third-order valence-corrected chi connectivity index (χ3v) is 6.98. The van der Waals surface area contributed by atoms with Crippen molar-refractivity contribution in [3.05, 3.63) is 21.1 Å². The van der Waals surface area contributed by atoms with E-state index in [0.717, 1.165) is 12.8 Å². The first kappa shape index (κ1) is 15.3. The Labute approximate surface area is 130 Å². The molecule has 1 aliphatic heterocycles. The van der Waals surface area contributed by atoms with E-state index in [1.807, 2.05) is 0 Å². The number of rotatable bonds is 2. The van der Waals surface area contributed by atoms with Crippen LogP contribution in [0.25, 0.3) is 0 Å². The lowest BCUT2D eigenvalue weighted by atomic mass is 10.0. The lowest BCUT2D eigenvalue weighted by Crippen LogP contribution is -2.39. The van der Waals surface area contributed by atoms with E-state index in [0.29, 0.717) is 33.6 Å². The Kier molecular flexibility index (Phi) is 4.59. The molecule has 0 saturated carbocycles. The van der Waals surface area contributed by atoms with E-state index in [4.69, 9.17) is 5.73 Å². The number of hydrogen-bond donors (Lipinski definition) is 1. The van der Waals surface area contributed by atoms with Gasteiger partial charge in [0, 0.05) is 27.7 Å². The Morgan fingerprint density at radius 3 is 2.42 bits per heavy atom. The van der Waals surface area contributed by atoms with Crippen molar-refractivity contribution in [3.8, 4) is 0 Å². The summed E-state index contributed by atoms with van der Waals surface area (Å²) in [6, 6.07) is 3.23. The summed E-state index contributed by atoms with van der Waals surface area (Å²) in [7, 11) is -3.49. The van der Waals surface area contributed by atoms with E-state index in [1.54, 1.807) is 16.4 Å². The fraction of sp³-hybridized carbons (Fsp3) is 0.500. The molecule has 1 fully saturated rings. The van der Waals surface area contributed by atoms with Crippen LogP contribution >= 0.6 is 31.9 Å². The summed E-state index contributed by atoms with van der Waals surface area (Å²) in [6.45, 7) is 3.23. The molecule has 1 aromatic rings. The zero-order chi connectivity index (χ0) is 14.2. The average molecular weight is 412 g/mol. The van der Waals surface area contributed by atoms with Crippen LogP contribution in [0.1, 0.15) is 19.8 Å². The van der Waals surface area contributed by atoms with Crippen LogP contribution in [0.3, 0.4) is 0 Å². The molecule has 0 radical (unpaired) electrons. The number of nitrogens with two attached hydrogens (primary N) is 1. The number of piperidine rings is 1. The number of nitrogens with zero attached hydrogens (tertiary/aromatic N) is 1. The zero-order valence-electron chi connectivity index (χ0n) is 10.6. The van der Waals surface area contributed by atoms with Crippen molar-refractivity contribution in [2.24, 2.45) is 5.92 Å². The minimum absolute atomic E-state index is 0.260. The van der Waals surface area contributed by atoms with E-state index in [-0.39, 0.29) is 4.90 Å². The molecular weight excluding hydrogens is 396 g/mol. The summed E-state index contributed by atoms with van der Waals surface area (Å²) < 4.78 is 28.0. The van der Waals surface area contributed by atoms with Gasteiger partial charge in [-0.2, -0.15) is 4.31 Å². The molecule has 0 aromatic heterocycles. The normalized spacial score (nSPS) is 21.5. The number of anilines is 1. The van der Waals surface area contributed by atoms with Gasteiger partial charge < -0.3 is 5.73 Å². The predicted octanol–water partition coefficient (Wildman–Crippen LogP) is 3.21. The maximum atomic E-state index is 12.7. The molecule has 2 N–H and O–H groups in total. The molecule has 0 bridgehead atoms. The van der Waals surface area contributed by atoms with Gasteiger partial charge in [0.15, 0.2) is 0 Å². The van der Waals surface area contributed by atoms with Crippen LogP contribution in [-0.2, 0) is 10.0 Å². The highest BCUT2D eigenvalue weighted by Crippen LogP contribution is 2.35. The third-order valence-electron chi connectivity index (χ3n) is 3.24. The standard InChI is InChI=1S/C12H16Br2N2O2S/c1-8-3-2-4-16(7-8)19(17,18)12-10(13)5-9(15)6-11(12)14/h5-6,8H,2-4,7,15H2,1H3. The van der Waals surface area contributed by atoms with Gasteiger partial charge in [-0.05, 0) is 62.8 Å². The number of nitrogen functional groups attached to an aromatic ring is 1. The van der Waals surface area contributed by atoms with Crippen molar-refractivity contribution in [2.45, 2.75) is 24.7 Å². The lowest BCUT2D eigenvalue weighted by molar-refractivity contribution is 0.281. The first-order valence-corrected chi connectivity index (χ1v) is 9.09. The number of hydrogen-bond acceptors (Lipinski definition) is 3. The average Bonchev–Trinajstić information content (AvgIpc) is 2.26. The van der Waals surface area contributed by atoms with Gasteiger partial charge in [0.1, 0.15) is 4.90 Å². The summed E-state index contributed by atoms with van der Waals surface area (Å²) in [6.07, 6.45) is 1.99. The Morgan fingerprint density at radius 2 is 1.89 bits per heavy atom. The maximum Gasteiger partial charge on any atom is 0.245 e. The van der Waals surface area contributed by atoms with Crippen molar-refractivity contribution in [1.82, 2.24) is 4.31 Å². The molecule has 106 valence electrons. The Hall–Kier alpha value is -0.110. The molecule has 1 aromatic carbocycles. The molecule has 1 atom stereocenters. The minimum Gasteiger partial charge on any atom is -0.399 e. The van der Waals surface area contributed by atoms with Crippen LogP contribution in [0.2, 0.25) is 0 Å². The minimum atomic E-state index is -3.49. The second-order valence-corrected chi connectivity index (χ2v) is 8.51. The molecule has 1 heterocycles. The van der Waals surface area contributed by atoms with Gasteiger partial charge >= 0.3 is 0 Å². The quantitative estimate of drug-likeness (QED) is 0.760. The number of sulfonamides is 1. The lowest BCUT2D eigenvalue weighted by Gasteiger charge is -2.30. The molecular formula is C12H16Br2N2O2S. The van der Waals surface area contributed by atoms with Crippen molar-refractivity contribution in [2.75, 3.05) is 18.8 Å². The molecule has 0 aliphatic carbocycles. The van der Waals surface area contributed by atoms with E-state index in [2.05, 4.69) is 38.8 Å². The van der Waals surface area contributed by atoms with Crippen molar-refractivity contribution >= 4 is 47.6 Å². The molecule has 0 spiro atoms. The first-order chi connectivity index (χ1) is 8.82. The first-order valence-electron chi connectivity index (χ1n) is 6.07. The number of halogens is 2.